The van der Waals surface area contributed by atoms with Gasteiger partial charge in [-0.15, -0.1) is 0 Å². The van der Waals surface area contributed by atoms with Gasteiger partial charge in [-0.05, 0) is 37.7 Å². The fraction of sp³-hybridized carbons (Fsp3) is 0.480. The van der Waals surface area contributed by atoms with Gasteiger partial charge in [0.05, 0.1) is 0 Å². The lowest BCUT2D eigenvalue weighted by Gasteiger charge is -2.19. The zero-order valence-electron chi connectivity index (χ0n) is 23.6. The predicted octanol–water partition coefficient (Wildman–Crippen LogP) is 3.31. The van der Waals surface area contributed by atoms with E-state index in [0.717, 1.165) is 45.6 Å². The molecule has 3 N–H and O–H groups in total. The number of aliphatic carboxylic acids is 3. The van der Waals surface area contributed by atoms with Crippen molar-refractivity contribution < 1.29 is 69.2 Å². The molecule has 3 rings (SSSR count). The van der Waals surface area contributed by atoms with Crippen molar-refractivity contribution in [3.8, 4) is 0 Å². The van der Waals surface area contributed by atoms with E-state index in [1.807, 2.05) is 43.2 Å². The molecule has 0 fully saturated rings. The number of rotatable bonds is 5. The molecule has 3 heterocycles. The Kier molecular flexibility index (Phi) is 16.3. The molecule has 0 radical (unpaired) electrons. The summed E-state index contributed by atoms with van der Waals surface area (Å²) in [5.74, 6) is -8.27. The maximum absolute atomic E-state index is 12.3. The van der Waals surface area contributed by atoms with E-state index in [2.05, 4.69) is 20.9 Å². The molecule has 2 aromatic heterocycles. The highest BCUT2D eigenvalue weighted by molar-refractivity contribution is 5.73. The van der Waals surface area contributed by atoms with Crippen LogP contribution >= 0.6 is 0 Å². The summed E-state index contributed by atoms with van der Waals surface area (Å²) in [6, 6.07) is 7.86. The number of carboxylic acids is 3. The number of hydrogen-bond donors (Lipinski definition) is 3. The molecule has 254 valence electrons. The standard InChI is InChI=1S/C19H26N4O.3C2HF3O2/c1-21(2)12-13-23-18-8-11-22(15-16-4-3-9-20-14-16)10-7-17(18)5-6-19(23)24;3*3-2(4,5)1(6)7/h3-6,9,14H,7-8,10-13,15H2,1-2H3;3*(H,6,7). The number of nitrogens with zero attached hydrogens (tertiary/aromatic N) is 4. The first-order valence-corrected chi connectivity index (χ1v) is 12.3. The van der Waals surface area contributed by atoms with E-state index in [4.69, 9.17) is 29.7 Å². The van der Waals surface area contributed by atoms with Crippen molar-refractivity contribution in [3.05, 3.63) is 63.8 Å². The normalized spacial score (nSPS) is 13.4. The first kappa shape index (κ1) is 40.8. The fourth-order valence-corrected chi connectivity index (χ4v) is 3.30. The van der Waals surface area contributed by atoms with E-state index in [0.29, 0.717) is 0 Å². The second kappa shape index (κ2) is 17.9. The number of pyridine rings is 2. The van der Waals surface area contributed by atoms with Crippen molar-refractivity contribution in [1.29, 1.82) is 0 Å². The summed E-state index contributed by atoms with van der Waals surface area (Å²) >= 11 is 0. The van der Waals surface area contributed by atoms with Crippen molar-refractivity contribution in [2.45, 2.75) is 44.5 Å². The summed E-state index contributed by atoms with van der Waals surface area (Å²) in [5, 5.41) is 21.4. The molecule has 0 aromatic carbocycles. The van der Waals surface area contributed by atoms with E-state index in [-0.39, 0.29) is 5.56 Å². The van der Waals surface area contributed by atoms with E-state index in [9.17, 15) is 44.3 Å². The Morgan fingerprint density at radius 2 is 1.29 bits per heavy atom. The SMILES string of the molecule is CN(C)CCn1c2c(ccc1=O)CCN(Cc1cccnc1)CC2.O=C(O)C(F)(F)F.O=C(O)C(F)(F)F.O=C(O)C(F)(F)F. The van der Waals surface area contributed by atoms with Crippen LogP contribution in [0.2, 0.25) is 0 Å². The van der Waals surface area contributed by atoms with Gasteiger partial charge in [-0.2, -0.15) is 39.5 Å². The number of likely N-dealkylation sites (N-methyl/N-ethyl adjacent to an activating group) is 1. The van der Waals surface area contributed by atoms with Crippen LogP contribution in [0, 0.1) is 0 Å². The molecular weight excluding hydrogens is 639 g/mol. The van der Waals surface area contributed by atoms with E-state index >= 15 is 0 Å². The van der Waals surface area contributed by atoms with Crippen LogP contribution in [-0.4, -0.2) is 105 Å². The zero-order chi connectivity index (χ0) is 35.2. The lowest BCUT2D eigenvalue weighted by molar-refractivity contribution is -0.193. The van der Waals surface area contributed by atoms with Crippen molar-refractivity contribution in [2.24, 2.45) is 0 Å². The average molecular weight is 669 g/mol. The molecule has 0 aliphatic carbocycles. The van der Waals surface area contributed by atoms with Crippen LogP contribution in [0.3, 0.4) is 0 Å². The van der Waals surface area contributed by atoms with Gasteiger partial charge in [-0.25, -0.2) is 14.4 Å². The predicted molar refractivity (Wildman–Crippen MR) is 137 cm³/mol. The molecule has 0 atom stereocenters. The Morgan fingerprint density at radius 3 is 1.69 bits per heavy atom. The van der Waals surface area contributed by atoms with Gasteiger partial charge in [0.25, 0.3) is 5.56 Å². The fourth-order valence-electron chi connectivity index (χ4n) is 3.30. The molecule has 0 bridgehead atoms. The van der Waals surface area contributed by atoms with E-state index in [1.54, 1.807) is 6.07 Å². The molecule has 45 heavy (non-hydrogen) atoms. The Balaban J connectivity index is 0.000000753. The van der Waals surface area contributed by atoms with Crippen LogP contribution in [0.25, 0.3) is 0 Å². The highest BCUT2D eigenvalue weighted by Gasteiger charge is 2.39. The van der Waals surface area contributed by atoms with Gasteiger partial charge in [0, 0.05) is 63.3 Å². The van der Waals surface area contributed by atoms with Crippen LogP contribution in [0.1, 0.15) is 16.8 Å². The third kappa shape index (κ3) is 17.0. The number of aromatic nitrogens is 2. The Bertz CT molecular complexity index is 1240. The lowest BCUT2D eigenvalue weighted by Crippen LogP contribution is -2.30. The summed E-state index contributed by atoms with van der Waals surface area (Å²) < 4.78 is 97.2. The monoisotopic (exact) mass is 668 g/mol. The third-order valence-corrected chi connectivity index (χ3v) is 5.38. The van der Waals surface area contributed by atoms with Crippen molar-refractivity contribution in [1.82, 2.24) is 19.4 Å². The highest BCUT2D eigenvalue weighted by atomic mass is 19.4. The number of carbonyl (C=O) groups is 3. The minimum absolute atomic E-state index is 0.122. The van der Waals surface area contributed by atoms with Crippen LogP contribution < -0.4 is 5.56 Å². The smallest absolute Gasteiger partial charge is 0.475 e. The summed E-state index contributed by atoms with van der Waals surface area (Å²) in [5.41, 5.74) is 3.91. The van der Waals surface area contributed by atoms with Gasteiger partial charge < -0.3 is 24.8 Å². The molecule has 11 nitrogen and oxygen atoms in total. The maximum Gasteiger partial charge on any atom is 0.490 e. The van der Waals surface area contributed by atoms with Gasteiger partial charge >= 0.3 is 36.4 Å². The van der Waals surface area contributed by atoms with Gasteiger partial charge in [0.15, 0.2) is 0 Å². The van der Waals surface area contributed by atoms with Gasteiger partial charge in [0.2, 0.25) is 0 Å². The maximum atomic E-state index is 12.3. The summed E-state index contributed by atoms with van der Waals surface area (Å²) in [6.45, 7) is 4.57. The minimum atomic E-state index is -5.08. The van der Waals surface area contributed by atoms with Gasteiger partial charge in [0.1, 0.15) is 0 Å². The van der Waals surface area contributed by atoms with Crippen LogP contribution in [-0.2, 0) is 40.3 Å². The topological polar surface area (TPSA) is 153 Å². The molecule has 2 aromatic rings. The zero-order valence-corrected chi connectivity index (χ0v) is 23.6. The molecule has 0 unspecified atom stereocenters. The number of halogens is 9. The molecule has 1 aliphatic rings. The first-order chi connectivity index (χ1) is 20.5. The molecule has 0 spiro atoms. The number of hydrogen-bond acceptors (Lipinski definition) is 7. The third-order valence-electron chi connectivity index (χ3n) is 5.38. The number of fused-ring (bicyclic) bond motifs is 1. The highest BCUT2D eigenvalue weighted by Crippen LogP contribution is 2.17. The first-order valence-electron chi connectivity index (χ1n) is 12.3. The second-order valence-electron chi connectivity index (χ2n) is 9.14. The molecule has 1 aliphatic heterocycles. The lowest BCUT2D eigenvalue weighted by atomic mass is 10.1. The summed E-state index contributed by atoms with van der Waals surface area (Å²) in [7, 11) is 4.09. The number of alkyl halides is 9. The molecule has 0 saturated heterocycles. The Hall–Kier alpha value is -4.20. The van der Waals surface area contributed by atoms with E-state index < -0.39 is 36.4 Å². The van der Waals surface area contributed by atoms with Crippen molar-refractivity contribution in [3.63, 3.8) is 0 Å². The van der Waals surface area contributed by atoms with Gasteiger partial charge in [-0.1, -0.05) is 12.1 Å². The molecule has 0 amide bonds. The van der Waals surface area contributed by atoms with Crippen LogP contribution in [0.15, 0.2) is 41.5 Å². The van der Waals surface area contributed by atoms with E-state index in [1.165, 1.54) is 16.8 Å². The second-order valence-corrected chi connectivity index (χ2v) is 9.14. The average Bonchev–Trinajstić information content (AvgIpc) is 3.10. The minimum Gasteiger partial charge on any atom is -0.475 e. The van der Waals surface area contributed by atoms with Crippen LogP contribution in [0.5, 0.6) is 0 Å². The quantitative estimate of drug-likeness (QED) is 0.405. The number of carboxylic acid groups (broad SMARTS) is 3. The molecule has 0 saturated carbocycles. The molecule has 20 heteroatoms. The summed E-state index contributed by atoms with van der Waals surface area (Å²) in [4.78, 5) is 47.8. The Labute approximate surface area is 249 Å². The van der Waals surface area contributed by atoms with Crippen molar-refractivity contribution >= 4 is 17.9 Å². The van der Waals surface area contributed by atoms with Crippen molar-refractivity contribution in [2.75, 3.05) is 33.7 Å². The molecular formula is C25H29F9N4O7. The van der Waals surface area contributed by atoms with Gasteiger partial charge in [-0.3, -0.25) is 14.7 Å². The summed E-state index contributed by atoms with van der Waals surface area (Å²) in [6.07, 6.45) is -9.58. The van der Waals surface area contributed by atoms with Crippen LogP contribution in [0.4, 0.5) is 39.5 Å². The Morgan fingerprint density at radius 1 is 0.822 bits per heavy atom. The largest absolute Gasteiger partial charge is 0.490 e.